The van der Waals surface area contributed by atoms with Crippen LogP contribution in [0.25, 0.3) is 11.1 Å². The van der Waals surface area contributed by atoms with Gasteiger partial charge in [-0.2, -0.15) is 15.8 Å². The molecule has 0 saturated carbocycles. The molecule has 7 heteroatoms. The van der Waals surface area contributed by atoms with Crippen LogP contribution in [0.2, 0.25) is 0 Å². The second-order valence-electron chi connectivity index (χ2n) is 5.34. The quantitative estimate of drug-likeness (QED) is 0.366. The third-order valence-corrected chi connectivity index (χ3v) is 3.87. The number of esters is 1. The number of hydrogen-bond acceptors (Lipinski definition) is 5. The number of nitriles is 3. The van der Waals surface area contributed by atoms with Crippen LogP contribution in [0.4, 0.5) is 0 Å². The molecule has 2 aromatic rings. The first-order valence-corrected chi connectivity index (χ1v) is 7.51. The van der Waals surface area contributed by atoms with Gasteiger partial charge in [-0.05, 0) is 24.3 Å². The van der Waals surface area contributed by atoms with Gasteiger partial charge in [-0.15, -0.1) is 0 Å². The molecule has 2 aromatic heterocycles. The van der Waals surface area contributed by atoms with Crippen LogP contribution in [-0.4, -0.2) is 22.2 Å². The number of carbonyl (C=O) groups is 1. The number of aromatic nitrogens is 2. The number of methoxy groups -OCH3 is 1. The van der Waals surface area contributed by atoms with E-state index in [0.717, 1.165) is 0 Å². The summed E-state index contributed by atoms with van der Waals surface area (Å²) in [5.74, 6) is -0.842. The fourth-order valence-corrected chi connectivity index (χ4v) is 2.65. The third kappa shape index (κ3) is 3.13. The normalized spacial score (nSPS) is 10.8. The summed E-state index contributed by atoms with van der Waals surface area (Å²) in [5.41, 5.74) is 0.910. The molecule has 0 radical (unpaired) electrons. The second-order valence-corrected chi connectivity index (χ2v) is 5.34. The maximum Gasteiger partial charge on any atom is 0.349 e. The summed E-state index contributed by atoms with van der Waals surface area (Å²) < 4.78 is 8.15. The Morgan fingerprint density at radius 3 is 1.77 bits per heavy atom. The molecule has 0 aliphatic rings. The van der Waals surface area contributed by atoms with Gasteiger partial charge in [0.25, 0.3) is 0 Å². The smallest absolute Gasteiger partial charge is 0.349 e. The molecule has 0 saturated heterocycles. The molecule has 0 aliphatic heterocycles. The minimum Gasteiger partial charge on any atom is -0.465 e. The lowest BCUT2D eigenvalue weighted by atomic mass is 9.91. The Morgan fingerprint density at radius 1 is 0.923 bits per heavy atom. The van der Waals surface area contributed by atoms with Crippen molar-refractivity contribution in [1.82, 2.24) is 9.13 Å². The summed E-state index contributed by atoms with van der Waals surface area (Å²) >= 11 is 0. The molecule has 0 N–H and O–H groups in total. The number of rotatable bonds is 4. The van der Waals surface area contributed by atoms with Gasteiger partial charge in [0.05, 0.1) is 18.5 Å². The van der Waals surface area contributed by atoms with E-state index in [-0.39, 0.29) is 22.3 Å². The predicted octanol–water partition coefficient (Wildman–Crippen LogP) is 2.31. The van der Waals surface area contributed by atoms with Gasteiger partial charge in [-0.25, -0.2) is 4.79 Å². The molecule has 0 unspecified atom stereocenters. The summed E-state index contributed by atoms with van der Waals surface area (Å²) in [6.07, 6.45) is 3.48. The SMILES string of the molecule is COC(=O)/C(C#N)=C(/C(=C(C#N)C#N)c1cccn1C)c1cccn1C. The van der Waals surface area contributed by atoms with Crippen LogP contribution in [-0.2, 0) is 23.6 Å². The lowest BCUT2D eigenvalue weighted by molar-refractivity contribution is -0.135. The van der Waals surface area contributed by atoms with Crippen molar-refractivity contribution < 1.29 is 9.53 Å². The highest BCUT2D eigenvalue weighted by atomic mass is 16.5. The molecule has 0 aromatic carbocycles. The fraction of sp³-hybridized carbons (Fsp3) is 0.158. The zero-order chi connectivity index (χ0) is 19.3. The minimum absolute atomic E-state index is 0.173. The van der Waals surface area contributed by atoms with E-state index in [2.05, 4.69) is 0 Å². The Labute approximate surface area is 150 Å². The minimum atomic E-state index is -0.842. The number of aryl methyl sites for hydroxylation is 2. The number of carbonyl (C=O) groups excluding carboxylic acids is 1. The van der Waals surface area contributed by atoms with E-state index in [1.54, 1.807) is 59.9 Å². The highest BCUT2D eigenvalue weighted by molar-refractivity contribution is 6.16. The van der Waals surface area contributed by atoms with Crippen LogP contribution >= 0.6 is 0 Å². The first-order valence-electron chi connectivity index (χ1n) is 7.51. The van der Waals surface area contributed by atoms with E-state index in [1.807, 2.05) is 18.2 Å². The molecular formula is C19H15N5O2. The van der Waals surface area contributed by atoms with E-state index < -0.39 is 5.97 Å². The molecule has 0 atom stereocenters. The van der Waals surface area contributed by atoms with Crippen molar-refractivity contribution in [3.05, 3.63) is 59.2 Å². The Hall–Kier alpha value is -4.02. The number of nitrogens with zero attached hydrogens (tertiary/aromatic N) is 5. The van der Waals surface area contributed by atoms with Crippen molar-refractivity contribution >= 4 is 17.1 Å². The van der Waals surface area contributed by atoms with Gasteiger partial charge in [0.1, 0.15) is 29.4 Å². The number of ether oxygens (including phenoxy) is 1. The highest BCUT2D eigenvalue weighted by Gasteiger charge is 2.27. The average molecular weight is 345 g/mol. The highest BCUT2D eigenvalue weighted by Crippen LogP contribution is 2.36. The van der Waals surface area contributed by atoms with Crippen LogP contribution in [0.1, 0.15) is 11.4 Å². The topological polar surface area (TPSA) is 108 Å². The van der Waals surface area contributed by atoms with E-state index >= 15 is 0 Å². The van der Waals surface area contributed by atoms with Crippen LogP contribution in [0.5, 0.6) is 0 Å². The van der Waals surface area contributed by atoms with Crippen molar-refractivity contribution in [3.8, 4) is 18.2 Å². The Kier molecular flexibility index (Phi) is 5.43. The molecular weight excluding hydrogens is 330 g/mol. The van der Waals surface area contributed by atoms with Gasteiger partial charge in [0.2, 0.25) is 0 Å². The molecule has 0 spiro atoms. The number of allylic oxidation sites excluding steroid dienone is 3. The Morgan fingerprint density at radius 2 is 1.42 bits per heavy atom. The second kappa shape index (κ2) is 7.70. The molecule has 7 nitrogen and oxygen atoms in total. The largest absolute Gasteiger partial charge is 0.465 e. The summed E-state index contributed by atoms with van der Waals surface area (Å²) in [5, 5.41) is 28.6. The van der Waals surface area contributed by atoms with Gasteiger partial charge in [-0.1, -0.05) is 0 Å². The van der Waals surface area contributed by atoms with Crippen molar-refractivity contribution in [1.29, 1.82) is 15.8 Å². The van der Waals surface area contributed by atoms with Crippen molar-refractivity contribution in [2.75, 3.05) is 7.11 Å². The average Bonchev–Trinajstić information content (AvgIpc) is 3.25. The summed E-state index contributed by atoms with van der Waals surface area (Å²) in [6, 6.07) is 12.5. The Bertz CT molecular complexity index is 1030. The zero-order valence-corrected chi connectivity index (χ0v) is 14.5. The van der Waals surface area contributed by atoms with Crippen LogP contribution in [0, 0.1) is 34.0 Å². The summed E-state index contributed by atoms with van der Waals surface area (Å²) in [6.45, 7) is 0. The Balaban J connectivity index is 3.05. The van der Waals surface area contributed by atoms with Gasteiger partial charge in [0, 0.05) is 37.6 Å². The van der Waals surface area contributed by atoms with E-state index in [9.17, 15) is 20.6 Å². The molecule has 128 valence electrons. The molecule has 26 heavy (non-hydrogen) atoms. The summed E-state index contributed by atoms with van der Waals surface area (Å²) in [7, 11) is 4.65. The standard InChI is InChI=1S/C19H15N5O2/c1-23-8-4-6-15(23)17(13(10-20)11-21)18(14(12-22)19(25)26-3)16-7-5-9-24(16)2/h4-9H,1-3H3/b18-14+. The molecule has 2 rings (SSSR count). The van der Waals surface area contributed by atoms with Gasteiger partial charge >= 0.3 is 5.97 Å². The van der Waals surface area contributed by atoms with Crippen molar-refractivity contribution in [2.45, 2.75) is 0 Å². The molecule has 0 aliphatic carbocycles. The van der Waals surface area contributed by atoms with Crippen LogP contribution < -0.4 is 0 Å². The lowest BCUT2D eigenvalue weighted by Crippen LogP contribution is -2.11. The van der Waals surface area contributed by atoms with Crippen LogP contribution in [0.3, 0.4) is 0 Å². The molecule has 2 heterocycles. The maximum absolute atomic E-state index is 12.2. The summed E-state index contributed by atoms with van der Waals surface area (Å²) in [4.78, 5) is 12.2. The van der Waals surface area contributed by atoms with Gasteiger partial charge < -0.3 is 13.9 Å². The number of hydrogen-bond donors (Lipinski definition) is 0. The van der Waals surface area contributed by atoms with E-state index in [1.165, 1.54) is 7.11 Å². The van der Waals surface area contributed by atoms with E-state index in [0.29, 0.717) is 11.4 Å². The van der Waals surface area contributed by atoms with Crippen molar-refractivity contribution in [3.63, 3.8) is 0 Å². The molecule has 0 bridgehead atoms. The van der Waals surface area contributed by atoms with Gasteiger partial charge in [0.15, 0.2) is 0 Å². The lowest BCUT2D eigenvalue weighted by Gasteiger charge is -2.16. The zero-order valence-electron chi connectivity index (χ0n) is 14.5. The fourth-order valence-electron chi connectivity index (χ4n) is 2.65. The van der Waals surface area contributed by atoms with E-state index in [4.69, 9.17) is 4.74 Å². The predicted molar refractivity (Wildman–Crippen MR) is 93.5 cm³/mol. The third-order valence-electron chi connectivity index (χ3n) is 3.87. The van der Waals surface area contributed by atoms with Crippen molar-refractivity contribution in [2.24, 2.45) is 14.1 Å². The molecule has 0 amide bonds. The first kappa shape index (κ1) is 18.3. The van der Waals surface area contributed by atoms with Gasteiger partial charge in [-0.3, -0.25) is 0 Å². The van der Waals surface area contributed by atoms with Crippen LogP contribution in [0.15, 0.2) is 47.8 Å². The first-order chi connectivity index (χ1) is 12.5. The maximum atomic E-state index is 12.2. The molecule has 0 fully saturated rings. The monoisotopic (exact) mass is 345 g/mol.